The minimum Gasteiger partial charge on any atom is -0.453 e. The Balaban J connectivity index is 2.23. The molecule has 1 aliphatic heterocycles. The van der Waals surface area contributed by atoms with E-state index in [2.05, 4.69) is 0 Å². The summed E-state index contributed by atoms with van der Waals surface area (Å²) < 4.78 is 24.0. The highest BCUT2D eigenvalue weighted by Crippen LogP contribution is 2.44. The van der Waals surface area contributed by atoms with Crippen molar-refractivity contribution in [1.82, 2.24) is 0 Å². The monoisotopic (exact) mass is 284 g/mol. The van der Waals surface area contributed by atoms with Crippen LogP contribution in [0.25, 0.3) is 11.1 Å². The van der Waals surface area contributed by atoms with Gasteiger partial charge in [0.1, 0.15) is 5.82 Å². The zero-order chi connectivity index (χ0) is 12.7. The molecule has 2 nitrogen and oxygen atoms in total. The average Bonchev–Trinajstić information content (AvgIpc) is 2.76. The summed E-state index contributed by atoms with van der Waals surface area (Å²) in [5, 5.41) is 0.958. The van der Waals surface area contributed by atoms with E-state index in [1.807, 2.05) is 0 Å². The van der Waals surface area contributed by atoms with Crippen LogP contribution in [-0.4, -0.2) is 6.79 Å². The zero-order valence-corrected chi connectivity index (χ0v) is 10.6. The number of ether oxygens (including phenoxy) is 2. The summed E-state index contributed by atoms with van der Waals surface area (Å²) in [6.45, 7) is 0.0804. The summed E-state index contributed by atoms with van der Waals surface area (Å²) in [4.78, 5) is 0. The predicted molar refractivity (Wildman–Crippen MR) is 68.0 cm³/mol. The third kappa shape index (κ3) is 1.89. The number of fused-ring (bicyclic) bond motifs is 1. The number of halogens is 3. The van der Waals surface area contributed by atoms with Crippen LogP contribution in [0, 0.1) is 5.82 Å². The molecule has 2 aromatic carbocycles. The molecular formula is C13H7Cl2FO2. The predicted octanol–water partition coefficient (Wildman–Crippen LogP) is 4.53. The van der Waals surface area contributed by atoms with Gasteiger partial charge in [-0.2, -0.15) is 0 Å². The van der Waals surface area contributed by atoms with Gasteiger partial charge in [0.15, 0.2) is 11.5 Å². The van der Waals surface area contributed by atoms with Gasteiger partial charge in [0.2, 0.25) is 6.79 Å². The van der Waals surface area contributed by atoms with E-state index in [0.29, 0.717) is 32.7 Å². The van der Waals surface area contributed by atoms with Gasteiger partial charge < -0.3 is 9.47 Å². The third-order valence-corrected chi connectivity index (χ3v) is 3.21. The van der Waals surface area contributed by atoms with Crippen molar-refractivity contribution in [2.45, 2.75) is 0 Å². The van der Waals surface area contributed by atoms with Crippen LogP contribution in [0.3, 0.4) is 0 Å². The molecule has 0 spiro atoms. The van der Waals surface area contributed by atoms with Crippen LogP contribution in [0.5, 0.6) is 11.5 Å². The Bertz CT molecular complexity index is 629. The molecule has 0 fully saturated rings. The summed E-state index contributed by atoms with van der Waals surface area (Å²) in [7, 11) is 0. The van der Waals surface area contributed by atoms with Gasteiger partial charge in [0.25, 0.3) is 0 Å². The molecule has 0 unspecified atom stereocenters. The molecule has 1 heterocycles. The second-order valence-corrected chi connectivity index (χ2v) is 4.65. The second-order valence-electron chi connectivity index (χ2n) is 3.81. The van der Waals surface area contributed by atoms with Crippen LogP contribution >= 0.6 is 23.2 Å². The number of rotatable bonds is 1. The maximum absolute atomic E-state index is 13.5. The molecule has 0 saturated heterocycles. The van der Waals surface area contributed by atoms with Crippen molar-refractivity contribution in [3.63, 3.8) is 0 Å². The lowest BCUT2D eigenvalue weighted by molar-refractivity contribution is 0.174. The van der Waals surface area contributed by atoms with E-state index in [1.165, 1.54) is 12.1 Å². The summed E-state index contributed by atoms with van der Waals surface area (Å²) in [6, 6.07) is 7.67. The highest BCUT2D eigenvalue weighted by Gasteiger charge is 2.21. The van der Waals surface area contributed by atoms with Crippen LogP contribution in [0.15, 0.2) is 30.3 Å². The Labute approximate surface area is 113 Å². The van der Waals surface area contributed by atoms with Gasteiger partial charge in [-0.25, -0.2) is 4.39 Å². The first kappa shape index (κ1) is 11.6. The van der Waals surface area contributed by atoms with Gasteiger partial charge in [-0.3, -0.25) is 0 Å². The van der Waals surface area contributed by atoms with Crippen LogP contribution in [0.1, 0.15) is 0 Å². The van der Waals surface area contributed by atoms with E-state index in [-0.39, 0.29) is 6.79 Å². The topological polar surface area (TPSA) is 18.5 Å². The molecule has 5 heteroatoms. The Hall–Kier alpha value is -1.45. The molecule has 0 amide bonds. The van der Waals surface area contributed by atoms with Crippen LogP contribution in [-0.2, 0) is 0 Å². The highest BCUT2D eigenvalue weighted by molar-refractivity contribution is 6.36. The third-order valence-electron chi connectivity index (χ3n) is 2.66. The van der Waals surface area contributed by atoms with Crippen molar-refractivity contribution < 1.29 is 13.9 Å². The quantitative estimate of drug-likeness (QED) is 0.766. The van der Waals surface area contributed by atoms with E-state index >= 15 is 0 Å². The molecule has 0 saturated carbocycles. The fourth-order valence-corrected chi connectivity index (χ4v) is 2.39. The van der Waals surface area contributed by atoms with Crippen molar-refractivity contribution in [2.75, 3.05) is 6.79 Å². The van der Waals surface area contributed by atoms with E-state index in [4.69, 9.17) is 32.7 Å². The number of hydrogen-bond acceptors (Lipinski definition) is 2. The molecular weight excluding hydrogens is 278 g/mol. The molecule has 18 heavy (non-hydrogen) atoms. The molecule has 1 aliphatic rings. The van der Waals surface area contributed by atoms with E-state index in [1.54, 1.807) is 18.2 Å². The Kier molecular flexibility index (Phi) is 2.80. The molecule has 3 rings (SSSR count). The molecule has 0 atom stereocenters. The Morgan fingerprint density at radius 3 is 2.61 bits per heavy atom. The molecule has 2 aromatic rings. The van der Waals surface area contributed by atoms with Crippen molar-refractivity contribution in [2.24, 2.45) is 0 Å². The van der Waals surface area contributed by atoms with Crippen LogP contribution in [0.4, 0.5) is 4.39 Å². The lowest BCUT2D eigenvalue weighted by Gasteiger charge is -2.08. The van der Waals surface area contributed by atoms with Gasteiger partial charge in [-0.1, -0.05) is 29.3 Å². The van der Waals surface area contributed by atoms with Gasteiger partial charge >= 0.3 is 0 Å². The molecule has 92 valence electrons. The normalized spacial score (nSPS) is 12.8. The Morgan fingerprint density at radius 1 is 1.00 bits per heavy atom. The first-order chi connectivity index (χ1) is 8.65. The summed E-state index contributed by atoms with van der Waals surface area (Å²) >= 11 is 12.0. The van der Waals surface area contributed by atoms with Gasteiger partial charge in [0, 0.05) is 22.2 Å². The standard InChI is InChI=1S/C13H7Cl2FO2/c14-7-1-2-9(11(15)3-7)10-4-8(16)5-12-13(10)18-6-17-12/h1-5H,6H2. The zero-order valence-electron chi connectivity index (χ0n) is 9.04. The van der Waals surface area contributed by atoms with Gasteiger partial charge in [-0.15, -0.1) is 0 Å². The number of benzene rings is 2. The summed E-state index contributed by atoms with van der Waals surface area (Å²) in [6.07, 6.45) is 0. The summed E-state index contributed by atoms with van der Waals surface area (Å²) in [5.74, 6) is 0.483. The highest BCUT2D eigenvalue weighted by atomic mass is 35.5. The average molecular weight is 285 g/mol. The minimum atomic E-state index is -0.403. The fourth-order valence-electron chi connectivity index (χ4n) is 1.88. The maximum Gasteiger partial charge on any atom is 0.231 e. The second kappa shape index (κ2) is 4.34. The molecule has 0 aliphatic carbocycles. The van der Waals surface area contributed by atoms with Crippen LogP contribution < -0.4 is 9.47 Å². The van der Waals surface area contributed by atoms with Crippen molar-refractivity contribution in [3.05, 3.63) is 46.2 Å². The smallest absolute Gasteiger partial charge is 0.231 e. The largest absolute Gasteiger partial charge is 0.453 e. The van der Waals surface area contributed by atoms with Crippen molar-refractivity contribution >= 4 is 23.2 Å². The van der Waals surface area contributed by atoms with E-state index < -0.39 is 5.82 Å². The van der Waals surface area contributed by atoms with Gasteiger partial charge in [-0.05, 0) is 18.2 Å². The molecule has 0 bridgehead atoms. The first-order valence-corrected chi connectivity index (χ1v) is 5.95. The molecule has 0 radical (unpaired) electrons. The van der Waals surface area contributed by atoms with Gasteiger partial charge in [0.05, 0.1) is 5.02 Å². The van der Waals surface area contributed by atoms with E-state index in [9.17, 15) is 4.39 Å². The lowest BCUT2D eigenvalue weighted by Crippen LogP contribution is -1.93. The first-order valence-electron chi connectivity index (χ1n) is 5.20. The number of hydrogen-bond donors (Lipinski definition) is 0. The molecule has 0 aromatic heterocycles. The van der Waals surface area contributed by atoms with Crippen molar-refractivity contribution in [3.8, 4) is 22.6 Å². The van der Waals surface area contributed by atoms with Crippen LogP contribution in [0.2, 0.25) is 10.0 Å². The van der Waals surface area contributed by atoms with E-state index in [0.717, 1.165) is 0 Å². The lowest BCUT2D eigenvalue weighted by atomic mass is 10.0. The fraction of sp³-hybridized carbons (Fsp3) is 0.0769. The van der Waals surface area contributed by atoms with Crippen molar-refractivity contribution in [1.29, 1.82) is 0 Å². The maximum atomic E-state index is 13.5. The molecule has 0 N–H and O–H groups in total. The minimum absolute atomic E-state index is 0.0804. The summed E-state index contributed by atoms with van der Waals surface area (Å²) in [5.41, 5.74) is 1.21. The SMILES string of the molecule is Fc1cc2c(c(-c3ccc(Cl)cc3Cl)c1)OCO2. The Morgan fingerprint density at radius 2 is 1.83 bits per heavy atom.